The Bertz CT molecular complexity index is 1460. The van der Waals surface area contributed by atoms with Crippen molar-refractivity contribution in [3.05, 3.63) is 101 Å². The summed E-state index contributed by atoms with van der Waals surface area (Å²) in [7, 11) is -3.56. The molecule has 0 aromatic heterocycles. The van der Waals surface area contributed by atoms with Crippen molar-refractivity contribution in [3.63, 3.8) is 0 Å². The molecule has 0 bridgehead atoms. The van der Waals surface area contributed by atoms with Crippen molar-refractivity contribution < 1.29 is 18.0 Å². The van der Waals surface area contributed by atoms with Crippen molar-refractivity contribution in [2.75, 3.05) is 17.1 Å². The van der Waals surface area contributed by atoms with Crippen LogP contribution in [0.15, 0.2) is 78.9 Å². The van der Waals surface area contributed by atoms with E-state index >= 15 is 0 Å². The molecule has 0 radical (unpaired) electrons. The van der Waals surface area contributed by atoms with Gasteiger partial charge in [-0.05, 0) is 67.1 Å². The molecule has 1 fully saturated rings. The molecule has 0 spiro atoms. The highest BCUT2D eigenvalue weighted by molar-refractivity contribution is 7.92. The lowest BCUT2D eigenvalue weighted by Gasteiger charge is -2.34. The molecule has 1 aliphatic rings. The fourth-order valence-corrected chi connectivity index (χ4v) is 6.76. The van der Waals surface area contributed by atoms with Crippen LogP contribution >= 0.6 is 11.6 Å². The number of carbonyl (C=O) groups is 2. The number of carbonyl (C=O) groups excluding carboxylic acids is 2. The van der Waals surface area contributed by atoms with Gasteiger partial charge >= 0.3 is 0 Å². The molecule has 2 amide bonds. The van der Waals surface area contributed by atoms with Gasteiger partial charge in [-0.15, -0.1) is 0 Å². The zero-order valence-corrected chi connectivity index (χ0v) is 26.6. The Morgan fingerprint density at radius 3 is 2.28 bits per heavy atom. The molecule has 3 aromatic rings. The first-order valence-corrected chi connectivity index (χ1v) is 17.3. The number of hydrogen-bond acceptors (Lipinski definition) is 4. The standard InChI is InChI=1S/C34H42ClN3O4S/c1-26-11-9-16-31(23-26)38(43(2,41)42)22-10-17-33(39)37(25-28-18-20-29(35)21-19-28)32(24-27-12-5-3-6-13-27)34(40)36-30-14-7-4-8-15-30/h3,5-6,9,11-13,16,18-21,23,30,32H,4,7-8,10,14-15,17,22,24-25H2,1-2H3,(H,36,40)/t32-/m1/s1. The number of aryl methyl sites for hydroxylation is 1. The number of halogens is 1. The van der Waals surface area contributed by atoms with Crippen molar-refractivity contribution in [1.82, 2.24) is 10.2 Å². The number of nitrogens with one attached hydrogen (secondary N) is 1. The van der Waals surface area contributed by atoms with Crippen molar-refractivity contribution in [2.45, 2.75) is 76.9 Å². The van der Waals surface area contributed by atoms with Crippen LogP contribution in [-0.2, 0) is 32.6 Å². The fraction of sp³-hybridized carbons (Fsp3) is 0.412. The van der Waals surface area contributed by atoms with Gasteiger partial charge in [-0.1, -0.05) is 85.5 Å². The summed E-state index contributed by atoms with van der Waals surface area (Å²) in [6, 6.07) is 23.7. The number of benzene rings is 3. The number of rotatable bonds is 13. The Hall–Kier alpha value is -3.36. The van der Waals surface area contributed by atoms with Crippen LogP contribution in [0.25, 0.3) is 0 Å². The topological polar surface area (TPSA) is 86.8 Å². The van der Waals surface area contributed by atoms with Gasteiger partial charge in [-0.3, -0.25) is 13.9 Å². The van der Waals surface area contributed by atoms with E-state index < -0.39 is 16.1 Å². The Morgan fingerprint density at radius 1 is 0.930 bits per heavy atom. The predicted molar refractivity (Wildman–Crippen MR) is 174 cm³/mol. The first-order valence-electron chi connectivity index (χ1n) is 15.0. The maximum Gasteiger partial charge on any atom is 0.243 e. The number of anilines is 1. The van der Waals surface area contributed by atoms with Crippen molar-refractivity contribution in [2.24, 2.45) is 0 Å². The Morgan fingerprint density at radius 2 is 1.63 bits per heavy atom. The predicted octanol–water partition coefficient (Wildman–Crippen LogP) is 6.28. The lowest BCUT2D eigenvalue weighted by atomic mass is 9.94. The maximum absolute atomic E-state index is 14.0. The molecule has 43 heavy (non-hydrogen) atoms. The van der Waals surface area contributed by atoms with Crippen molar-refractivity contribution in [1.29, 1.82) is 0 Å². The molecule has 9 heteroatoms. The molecule has 230 valence electrons. The lowest BCUT2D eigenvalue weighted by Crippen LogP contribution is -2.52. The van der Waals surface area contributed by atoms with Crippen LogP contribution in [0.3, 0.4) is 0 Å². The molecule has 0 unspecified atom stereocenters. The van der Waals surface area contributed by atoms with Gasteiger partial charge in [0.05, 0.1) is 11.9 Å². The third kappa shape index (κ3) is 9.83. The minimum Gasteiger partial charge on any atom is -0.352 e. The molecule has 0 saturated heterocycles. The van der Waals surface area contributed by atoms with Crippen LogP contribution in [0, 0.1) is 6.92 Å². The van der Waals surface area contributed by atoms with Gasteiger partial charge in [-0.2, -0.15) is 0 Å². The molecular formula is C34H42ClN3O4S. The highest BCUT2D eigenvalue weighted by Crippen LogP contribution is 2.23. The fourth-order valence-electron chi connectivity index (χ4n) is 5.67. The smallest absolute Gasteiger partial charge is 0.243 e. The molecule has 1 aliphatic carbocycles. The molecule has 1 saturated carbocycles. The molecule has 4 rings (SSSR count). The van der Waals surface area contributed by atoms with E-state index in [4.69, 9.17) is 11.6 Å². The largest absolute Gasteiger partial charge is 0.352 e. The van der Waals surface area contributed by atoms with E-state index in [-0.39, 0.29) is 37.4 Å². The second-order valence-corrected chi connectivity index (χ2v) is 13.8. The SMILES string of the molecule is Cc1cccc(N(CCCC(=O)N(Cc2ccc(Cl)cc2)[C@H](Cc2ccccc2)C(=O)NC2CCCCC2)S(C)(=O)=O)c1. The van der Waals surface area contributed by atoms with E-state index in [0.717, 1.165) is 42.4 Å². The molecular weight excluding hydrogens is 582 g/mol. The van der Waals surface area contributed by atoms with Gasteiger partial charge in [0.2, 0.25) is 21.8 Å². The summed E-state index contributed by atoms with van der Waals surface area (Å²) in [6.45, 7) is 2.30. The third-order valence-electron chi connectivity index (χ3n) is 7.93. The van der Waals surface area contributed by atoms with Gasteiger partial charge in [0.15, 0.2) is 0 Å². The van der Waals surface area contributed by atoms with Crippen molar-refractivity contribution >= 4 is 39.1 Å². The lowest BCUT2D eigenvalue weighted by molar-refractivity contribution is -0.141. The normalized spacial score (nSPS) is 14.6. The number of sulfonamides is 1. The Labute approximate surface area is 261 Å². The Kier molecular flexibility index (Phi) is 11.7. The monoisotopic (exact) mass is 623 g/mol. The van der Waals surface area contributed by atoms with Gasteiger partial charge in [0, 0.05) is 37.0 Å². The van der Waals surface area contributed by atoms with E-state index in [9.17, 15) is 18.0 Å². The van der Waals surface area contributed by atoms with Crippen LogP contribution in [-0.4, -0.2) is 50.0 Å². The maximum atomic E-state index is 14.0. The van der Waals surface area contributed by atoms with Gasteiger partial charge in [0.25, 0.3) is 0 Å². The van der Waals surface area contributed by atoms with E-state index in [1.54, 1.807) is 23.1 Å². The summed E-state index contributed by atoms with van der Waals surface area (Å²) in [5.41, 5.74) is 3.34. The Balaban J connectivity index is 1.58. The summed E-state index contributed by atoms with van der Waals surface area (Å²) in [6.07, 6.45) is 7.16. The zero-order valence-electron chi connectivity index (χ0n) is 25.0. The van der Waals surface area contributed by atoms with Crippen LogP contribution in [0.1, 0.15) is 61.6 Å². The number of nitrogens with zero attached hydrogens (tertiary/aromatic N) is 2. The second kappa shape index (κ2) is 15.4. The van der Waals surface area contributed by atoms with Crippen LogP contribution in [0.2, 0.25) is 5.02 Å². The highest BCUT2D eigenvalue weighted by atomic mass is 35.5. The summed E-state index contributed by atoms with van der Waals surface area (Å²) in [5, 5.41) is 3.84. The molecule has 7 nitrogen and oxygen atoms in total. The highest BCUT2D eigenvalue weighted by Gasteiger charge is 2.32. The number of hydrogen-bond donors (Lipinski definition) is 1. The summed E-state index contributed by atoms with van der Waals surface area (Å²) >= 11 is 6.14. The summed E-state index contributed by atoms with van der Waals surface area (Å²) in [4.78, 5) is 29.6. The first-order chi connectivity index (χ1) is 20.6. The molecule has 3 aromatic carbocycles. The second-order valence-electron chi connectivity index (χ2n) is 11.5. The third-order valence-corrected chi connectivity index (χ3v) is 9.38. The summed E-state index contributed by atoms with van der Waals surface area (Å²) in [5.74, 6) is -0.358. The quantitative estimate of drug-likeness (QED) is 0.243. The van der Waals surface area contributed by atoms with Crippen LogP contribution in [0.5, 0.6) is 0 Å². The molecule has 1 atom stereocenters. The first kappa shape index (κ1) is 32.6. The molecule has 1 N–H and O–H groups in total. The minimum absolute atomic E-state index is 0.0907. The van der Waals surface area contributed by atoms with E-state index in [1.807, 2.05) is 67.6 Å². The summed E-state index contributed by atoms with van der Waals surface area (Å²) < 4.78 is 26.7. The van der Waals surface area contributed by atoms with Gasteiger partial charge in [-0.25, -0.2) is 8.42 Å². The van der Waals surface area contributed by atoms with E-state index in [2.05, 4.69) is 5.32 Å². The average molecular weight is 624 g/mol. The van der Waals surface area contributed by atoms with Crippen LogP contribution < -0.4 is 9.62 Å². The zero-order chi connectivity index (χ0) is 30.8. The van der Waals surface area contributed by atoms with E-state index in [0.29, 0.717) is 23.6 Å². The minimum atomic E-state index is -3.56. The number of amides is 2. The van der Waals surface area contributed by atoms with Crippen molar-refractivity contribution in [3.8, 4) is 0 Å². The van der Waals surface area contributed by atoms with Gasteiger partial charge < -0.3 is 10.2 Å². The molecule has 0 heterocycles. The average Bonchev–Trinajstić information content (AvgIpc) is 2.98. The molecule has 0 aliphatic heterocycles. The van der Waals surface area contributed by atoms with Gasteiger partial charge in [0.1, 0.15) is 6.04 Å². The van der Waals surface area contributed by atoms with E-state index in [1.165, 1.54) is 17.0 Å². The van der Waals surface area contributed by atoms with Crippen LogP contribution in [0.4, 0.5) is 5.69 Å².